The van der Waals surface area contributed by atoms with Crippen LogP contribution in [0, 0.1) is 6.20 Å². The Morgan fingerprint density at radius 2 is 2.10 bits per heavy atom. The van der Waals surface area contributed by atoms with E-state index in [0.717, 1.165) is 43.3 Å². The minimum Gasteiger partial charge on any atom is -0.378 e. The molecule has 4 rings (SSSR count). The van der Waals surface area contributed by atoms with Crippen LogP contribution in [0.2, 0.25) is 0 Å². The molecule has 2 aliphatic heterocycles. The van der Waals surface area contributed by atoms with Gasteiger partial charge >= 0.3 is 0 Å². The lowest BCUT2D eigenvalue weighted by Crippen LogP contribution is -2.37. The Morgan fingerprint density at radius 3 is 3.00 bits per heavy atom. The number of morpholine rings is 1. The van der Waals surface area contributed by atoms with E-state index in [9.17, 15) is 0 Å². The molecule has 2 aromatic rings. The number of fused-ring (bicyclic) bond motifs is 1. The number of anilines is 1. The Labute approximate surface area is 121 Å². The summed E-state index contributed by atoms with van der Waals surface area (Å²) >= 11 is 1.55. The van der Waals surface area contributed by atoms with Gasteiger partial charge in [-0.2, -0.15) is 0 Å². The van der Waals surface area contributed by atoms with Gasteiger partial charge in [0.15, 0.2) is 0 Å². The van der Waals surface area contributed by atoms with Gasteiger partial charge in [0, 0.05) is 30.2 Å². The van der Waals surface area contributed by atoms with Crippen LogP contribution in [-0.2, 0) is 4.74 Å². The van der Waals surface area contributed by atoms with Crippen molar-refractivity contribution in [3.05, 3.63) is 42.5 Å². The maximum atomic E-state index is 5.38. The van der Waals surface area contributed by atoms with E-state index in [1.165, 1.54) is 5.39 Å². The van der Waals surface area contributed by atoms with Gasteiger partial charge in [-0.1, -0.05) is 6.07 Å². The van der Waals surface area contributed by atoms with Gasteiger partial charge in [-0.25, -0.2) is 0 Å². The minimum absolute atomic E-state index is 0.783. The van der Waals surface area contributed by atoms with Crippen LogP contribution in [-0.4, -0.2) is 36.2 Å². The third-order valence-corrected chi connectivity index (χ3v) is 4.31. The van der Waals surface area contributed by atoms with Crippen molar-refractivity contribution in [1.82, 2.24) is 14.6 Å². The van der Waals surface area contributed by atoms with E-state index < -0.39 is 0 Å². The van der Waals surface area contributed by atoms with Crippen LogP contribution < -0.4 is 9.03 Å². The van der Waals surface area contributed by atoms with E-state index in [0.29, 0.717) is 0 Å². The Balaban J connectivity index is 1.63. The highest BCUT2D eigenvalue weighted by Gasteiger charge is 2.23. The molecule has 1 fully saturated rings. The van der Waals surface area contributed by atoms with Crippen molar-refractivity contribution >= 4 is 28.7 Å². The first-order valence-corrected chi connectivity index (χ1v) is 7.45. The van der Waals surface area contributed by atoms with Crippen molar-refractivity contribution in [3.8, 4) is 0 Å². The summed E-state index contributed by atoms with van der Waals surface area (Å²) in [5.74, 6) is 1.03. The van der Waals surface area contributed by atoms with Gasteiger partial charge in [0.05, 0.1) is 31.0 Å². The molecule has 0 spiro atoms. The van der Waals surface area contributed by atoms with Crippen molar-refractivity contribution in [3.63, 3.8) is 0 Å². The normalized spacial score (nSPS) is 19.3. The number of aromatic amines is 1. The van der Waals surface area contributed by atoms with E-state index in [1.807, 2.05) is 6.20 Å². The molecule has 0 aliphatic carbocycles. The minimum atomic E-state index is 0.783. The van der Waals surface area contributed by atoms with Crippen LogP contribution >= 0.6 is 12.1 Å². The summed E-state index contributed by atoms with van der Waals surface area (Å²) in [6.45, 7) is 3.39. The summed E-state index contributed by atoms with van der Waals surface area (Å²) in [6, 6.07) is 8.35. The molecule has 0 atom stereocenters. The molecule has 5 nitrogen and oxygen atoms in total. The fourth-order valence-electron chi connectivity index (χ4n) is 2.51. The number of nitrogens with zero attached hydrogens (tertiary/aromatic N) is 2. The number of hydrogen-bond donors (Lipinski definition) is 2. The molecule has 1 saturated heterocycles. The van der Waals surface area contributed by atoms with E-state index in [1.54, 1.807) is 12.1 Å². The van der Waals surface area contributed by atoms with Crippen LogP contribution in [0.3, 0.4) is 0 Å². The molecule has 1 radical (unpaired) electrons. The standard InChI is InChI=1S/C14H15N4OS/c1-2-12-11(4-5-15-12)13(3-1)18-10-14(16-20-18)17-6-8-19-9-7-17/h1-5,15-16H,6-9H2. The summed E-state index contributed by atoms with van der Waals surface area (Å²) in [6.07, 6.45) is 5.38. The Hall–Kier alpha value is -1.79. The molecule has 103 valence electrons. The van der Waals surface area contributed by atoms with E-state index in [-0.39, 0.29) is 0 Å². The second-order valence-corrected chi connectivity index (χ2v) is 5.52. The maximum absolute atomic E-state index is 5.38. The molecule has 0 amide bonds. The smallest absolute Gasteiger partial charge is 0.141 e. The number of hydrogen-bond acceptors (Lipinski definition) is 5. The Kier molecular flexibility index (Phi) is 2.97. The summed E-state index contributed by atoms with van der Waals surface area (Å²) in [7, 11) is 0. The Bertz CT molecular complexity index is 647. The lowest BCUT2D eigenvalue weighted by Gasteiger charge is -2.28. The van der Waals surface area contributed by atoms with Crippen molar-refractivity contribution in [2.24, 2.45) is 0 Å². The van der Waals surface area contributed by atoms with Crippen LogP contribution in [0.4, 0.5) is 5.69 Å². The predicted octanol–water partition coefficient (Wildman–Crippen LogP) is 2.07. The quantitative estimate of drug-likeness (QED) is 0.828. The van der Waals surface area contributed by atoms with Gasteiger partial charge in [-0.3, -0.25) is 9.03 Å². The number of H-pyrrole nitrogens is 1. The van der Waals surface area contributed by atoms with Crippen LogP contribution in [0.5, 0.6) is 0 Å². The highest BCUT2D eigenvalue weighted by molar-refractivity contribution is 7.99. The van der Waals surface area contributed by atoms with Crippen molar-refractivity contribution in [1.29, 1.82) is 0 Å². The molecule has 1 aromatic carbocycles. The molecule has 6 heteroatoms. The monoisotopic (exact) mass is 287 g/mol. The molecule has 0 bridgehead atoms. The number of aromatic nitrogens is 1. The molecule has 2 aliphatic rings. The number of rotatable bonds is 2. The average Bonchev–Trinajstić information content (AvgIpc) is 3.17. The zero-order chi connectivity index (χ0) is 13.4. The predicted molar refractivity (Wildman–Crippen MR) is 80.7 cm³/mol. The summed E-state index contributed by atoms with van der Waals surface area (Å²) in [5, 5.41) is 1.21. The SMILES string of the molecule is [C]1=C(N2CCOCC2)NSN1c1cccc2[nH]ccc12. The van der Waals surface area contributed by atoms with E-state index >= 15 is 0 Å². The zero-order valence-corrected chi connectivity index (χ0v) is 11.7. The van der Waals surface area contributed by atoms with Crippen molar-refractivity contribution in [2.75, 3.05) is 30.6 Å². The molecular weight excluding hydrogens is 272 g/mol. The van der Waals surface area contributed by atoms with Gasteiger partial charge < -0.3 is 14.6 Å². The van der Waals surface area contributed by atoms with Crippen LogP contribution in [0.25, 0.3) is 10.9 Å². The maximum Gasteiger partial charge on any atom is 0.141 e. The highest BCUT2D eigenvalue weighted by atomic mass is 32.2. The summed E-state index contributed by atoms with van der Waals surface area (Å²) in [5.41, 5.74) is 2.29. The molecule has 1 aromatic heterocycles. The first-order chi connectivity index (χ1) is 9.92. The lowest BCUT2D eigenvalue weighted by atomic mass is 10.2. The van der Waals surface area contributed by atoms with Crippen LogP contribution in [0.15, 0.2) is 36.3 Å². The molecule has 0 unspecified atom stereocenters. The molecule has 2 N–H and O–H groups in total. The average molecular weight is 287 g/mol. The third kappa shape index (κ3) is 2.01. The summed E-state index contributed by atoms with van der Waals surface area (Å²) < 4.78 is 10.8. The lowest BCUT2D eigenvalue weighted by molar-refractivity contribution is 0.0520. The van der Waals surface area contributed by atoms with Gasteiger partial charge in [-0.05, 0) is 18.2 Å². The van der Waals surface area contributed by atoms with Crippen LogP contribution in [0.1, 0.15) is 0 Å². The molecule has 20 heavy (non-hydrogen) atoms. The number of benzene rings is 1. The zero-order valence-electron chi connectivity index (χ0n) is 10.9. The second-order valence-electron chi connectivity index (χ2n) is 4.76. The van der Waals surface area contributed by atoms with Crippen molar-refractivity contribution in [2.45, 2.75) is 0 Å². The summed E-state index contributed by atoms with van der Waals surface area (Å²) in [4.78, 5) is 5.51. The first-order valence-electron chi connectivity index (χ1n) is 6.67. The van der Waals surface area contributed by atoms with Gasteiger partial charge in [0.25, 0.3) is 0 Å². The fraction of sp³-hybridized carbons (Fsp3) is 0.286. The largest absolute Gasteiger partial charge is 0.378 e. The van der Waals surface area contributed by atoms with Crippen molar-refractivity contribution < 1.29 is 4.74 Å². The Morgan fingerprint density at radius 1 is 1.20 bits per heavy atom. The van der Waals surface area contributed by atoms with Gasteiger partial charge in [0.2, 0.25) is 0 Å². The van der Waals surface area contributed by atoms with E-state index in [2.05, 4.69) is 49.4 Å². The number of nitrogens with one attached hydrogen (secondary N) is 2. The molecule has 0 saturated carbocycles. The topological polar surface area (TPSA) is 43.5 Å². The first kappa shape index (κ1) is 12.0. The second kappa shape index (κ2) is 4.96. The highest BCUT2D eigenvalue weighted by Crippen LogP contribution is 2.33. The fourth-order valence-corrected chi connectivity index (χ4v) is 3.25. The van der Waals surface area contributed by atoms with Gasteiger partial charge in [0.1, 0.15) is 12.0 Å². The third-order valence-electron chi connectivity index (χ3n) is 3.56. The number of ether oxygens (including phenoxy) is 1. The van der Waals surface area contributed by atoms with Gasteiger partial charge in [-0.15, -0.1) is 0 Å². The van der Waals surface area contributed by atoms with E-state index in [4.69, 9.17) is 4.74 Å². The molecule has 3 heterocycles. The molecular formula is C14H15N4OS.